The number of aromatic nitrogens is 1. The Morgan fingerprint density at radius 1 is 1.35 bits per heavy atom. The molecule has 1 atom stereocenters. The highest BCUT2D eigenvalue weighted by Gasteiger charge is 2.19. The lowest BCUT2D eigenvalue weighted by Crippen LogP contribution is -2.09. The molecule has 2 aromatic rings. The van der Waals surface area contributed by atoms with Gasteiger partial charge in [-0.3, -0.25) is 4.98 Å². The molecule has 1 aromatic heterocycles. The average molecular weight is 312 g/mol. The Balaban J connectivity index is 2.13. The van der Waals surface area contributed by atoms with E-state index in [0.717, 1.165) is 45.6 Å². The molecule has 1 aliphatic rings. The maximum atomic E-state index is 6.33. The van der Waals surface area contributed by atoms with Gasteiger partial charge in [-0.2, -0.15) is 0 Å². The number of fused-ring (bicyclic) bond motifs is 1. The van der Waals surface area contributed by atoms with E-state index in [0.29, 0.717) is 5.92 Å². The predicted octanol–water partition coefficient (Wildman–Crippen LogP) is 3.73. The smallest absolute Gasteiger partial charge is 0.0721 e. The van der Waals surface area contributed by atoms with Crippen molar-refractivity contribution in [3.05, 3.63) is 39.5 Å². The molecule has 0 radical (unpaired) electrons. The summed E-state index contributed by atoms with van der Waals surface area (Å²) >= 11 is 9.79. The van der Waals surface area contributed by atoms with E-state index in [-0.39, 0.29) is 0 Å². The van der Waals surface area contributed by atoms with Crippen molar-refractivity contribution in [2.75, 3.05) is 13.1 Å². The van der Waals surface area contributed by atoms with Crippen molar-refractivity contribution < 1.29 is 0 Å². The van der Waals surface area contributed by atoms with Gasteiger partial charge in [0.05, 0.1) is 10.5 Å². The number of nitrogens with zero attached hydrogens (tertiary/aromatic N) is 1. The minimum absolute atomic E-state index is 0.501. The van der Waals surface area contributed by atoms with Crippen LogP contribution in [0.1, 0.15) is 18.0 Å². The molecule has 1 aromatic carbocycles. The van der Waals surface area contributed by atoms with Gasteiger partial charge in [0.2, 0.25) is 0 Å². The third-order valence-corrected chi connectivity index (χ3v) is 4.02. The number of hydrogen-bond acceptors (Lipinski definition) is 2. The van der Waals surface area contributed by atoms with Gasteiger partial charge in [0, 0.05) is 28.0 Å². The average Bonchev–Trinajstić information content (AvgIpc) is 2.83. The quantitative estimate of drug-likeness (QED) is 0.868. The molecule has 0 saturated carbocycles. The lowest BCUT2D eigenvalue weighted by atomic mass is 10.0. The van der Waals surface area contributed by atoms with Crippen molar-refractivity contribution in [1.29, 1.82) is 0 Å². The molecule has 0 aliphatic carbocycles. The van der Waals surface area contributed by atoms with E-state index in [9.17, 15) is 0 Å². The summed E-state index contributed by atoms with van der Waals surface area (Å²) < 4.78 is 1.03. The fraction of sp³-hybridized carbons (Fsp3) is 0.308. The predicted molar refractivity (Wildman–Crippen MR) is 74.7 cm³/mol. The van der Waals surface area contributed by atoms with Crippen LogP contribution >= 0.6 is 27.5 Å². The van der Waals surface area contributed by atoms with E-state index < -0.39 is 0 Å². The molecule has 0 amide bonds. The largest absolute Gasteiger partial charge is 0.316 e. The van der Waals surface area contributed by atoms with Gasteiger partial charge >= 0.3 is 0 Å². The Hall–Kier alpha value is -0.640. The molecule has 3 rings (SSSR count). The Bertz CT molecular complexity index is 565. The molecule has 1 aliphatic heterocycles. The van der Waals surface area contributed by atoms with E-state index in [1.807, 2.05) is 24.3 Å². The third kappa shape index (κ3) is 2.19. The molecule has 1 fully saturated rings. The van der Waals surface area contributed by atoms with Gasteiger partial charge in [-0.25, -0.2) is 0 Å². The lowest BCUT2D eigenvalue weighted by Gasteiger charge is -2.10. The van der Waals surface area contributed by atoms with Gasteiger partial charge in [-0.15, -0.1) is 0 Å². The highest BCUT2D eigenvalue weighted by atomic mass is 79.9. The number of hydrogen-bond donors (Lipinski definition) is 1. The summed E-state index contributed by atoms with van der Waals surface area (Å²) in [7, 11) is 0. The zero-order valence-corrected chi connectivity index (χ0v) is 11.6. The van der Waals surface area contributed by atoms with E-state index in [2.05, 4.69) is 21.2 Å². The first-order chi connectivity index (χ1) is 8.24. The summed E-state index contributed by atoms with van der Waals surface area (Å²) in [5, 5.41) is 5.16. The Labute approximate surface area is 114 Å². The van der Waals surface area contributed by atoms with Crippen molar-refractivity contribution in [3.63, 3.8) is 0 Å². The minimum atomic E-state index is 0.501. The molecular formula is C13H12BrClN2. The van der Waals surface area contributed by atoms with Gasteiger partial charge in [0.1, 0.15) is 0 Å². The van der Waals surface area contributed by atoms with Crippen LogP contribution in [0, 0.1) is 0 Å². The van der Waals surface area contributed by atoms with Crippen LogP contribution in [0.15, 0.2) is 28.7 Å². The number of benzene rings is 1. The minimum Gasteiger partial charge on any atom is -0.316 e. The molecule has 0 bridgehead atoms. The molecule has 4 heteroatoms. The molecule has 17 heavy (non-hydrogen) atoms. The zero-order chi connectivity index (χ0) is 11.8. The SMILES string of the molecule is Clc1cc(C2CCNC2)nc2ccc(Br)cc12. The topological polar surface area (TPSA) is 24.9 Å². The second-order valence-electron chi connectivity index (χ2n) is 4.38. The van der Waals surface area contributed by atoms with E-state index >= 15 is 0 Å². The number of pyridine rings is 1. The maximum absolute atomic E-state index is 6.33. The van der Waals surface area contributed by atoms with E-state index in [1.165, 1.54) is 0 Å². The fourth-order valence-corrected chi connectivity index (χ4v) is 2.92. The molecule has 2 nitrogen and oxygen atoms in total. The molecule has 88 valence electrons. The Morgan fingerprint density at radius 3 is 3.00 bits per heavy atom. The summed E-state index contributed by atoms with van der Waals surface area (Å²) in [5.41, 5.74) is 2.08. The van der Waals surface area contributed by atoms with Crippen LogP contribution in [-0.4, -0.2) is 18.1 Å². The van der Waals surface area contributed by atoms with Gasteiger partial charge in [0.15, 0.2) is 0 Å². The first-order valence-electron chi connectivity index (χ1n) is 5.70. The monoisotopic (exact) mass is 310 g/mol. The van der Waals surface area contributed by atoms with Gasteiger partial charge in [0.25, 0.3) is 0 Å². The summed E-state index contributed by atoms with van der Waals surface area (Å²) in [6, 6.07) is 8.04. The molecule has 2 heterocycles. The molecule has 1 unspecified atom stereocenters. The Kier molecular flexibility index (Phi) is 3.07. The standard InChI is InChI=1S/C13H12BrClN2/c14-9-1-2-12-10(5-9)11(15)6-13(17-12)8-3-4-16-7-8/h1-2,5-6,8,16H,3-4,7H2. The van der Waals surface area contributed by atoms with Crippen LogP contribution in [0.25, 0.3) is 10.9 Å². The summed E-state index contributed by atoms with van der Waals surface area (Å²) in [4.78, 5) is 4.71. The summed E-state index contributed by atoms with van der Waals surface area (Å²) in [5.74, 6) is 0.501. The molecular weight excluding hydrogens is 300 g/mol. The highest BCUT2D eigenvalue weighted by Crippen LogP contribution is 2.30. The zero-order valence-electron chi connectivity index (χ0n) is 9.21. The van der Waals surface area contributed by atoms with Gasteiger partial charge in [-0.05, 0) is 37.2 Å². The number of halogens is 2. The van der Waals surface area contributed by atoms with Crippen molar-refractivity contribution in [1.82, 2.24) is 10.3 Å². The third-order valence-electron chi connectivity index (χ3n) is 3.22. The van der Waals surface area contributed by atoms with Crippen LogP contribution < -0.4 is 5.32 Å². The van der Waals surface area contributed by atoms with Crippen molar-refractivity contribution in [2.45, 2.75) is 12.3 Å². The molecule has 1 N–H and O–H groups in total. The maximum Gasteiger partial charge on any atom is 0.0721 e. The van der Waals surface area contributed by atoms with Gasteiger partial charge in [-0.1, -0.05) is 27.5 Å². The van der Waals surface area contributed by atoms with Crippen molar-refractivity contribution >= 4 is 38.4 Å². The normalized spacial score (nSPS) is 20.0. The van der Waals surface area contributed by atoms with E-state index in [1.54, 1.807) is 0 Å². The van der Waals surface area contributed by atoms with Crippen molar-refractivity contribution in [3.8, 4) is 0 Å². The second kappa shape index (κ2) is 4.56. The first kappa shape index (κ1) is 11.5. The van der Waals surface area contributed by atoms with Crippen LogP contribution in [0.5, 0.6) is 0 Å². The fourth-order valence-electron chi connectivity index (χ4n) is 2.29. The Morgan fingerprint density at radius 2 is 2.24 bits per heavy atom. The van der Waals surface area contributed by atoms with Crippen LogP contribution in [0.2, 0.25) is 5.02 Å². The van der Waals surface area contributed by atoms with Crippen LogP contribution in [0.4, 0.5) is 0 Å². The van der Waals surface area contributed by atoms with Gasteiger partial charge < -0.3 is 5.32 Å². The van der Waals surface area contributed by atoms with E-state index in [4.69, 9.17) is 16.6 Å². The lowest BCUT2D eigenvalue weighted by molar-refractivity contribution is 0.739. The first-order valence-corrected chi connectivity index (χ1v) is 6.87. The van der Waals surface area contributed by atoms with Crippen LogP contribution in [-0.2, 0) is 0 Å². The summed E-state index contributed by atoms with van der Waals surface area (Å²) in [6.07, 6.45) is 1.14. The molecule has 0 spiro atoms. The molecule has 1 saturated heterocycles. The number of nitrogens with one attached hydrogen (secondary N) is 1. The highest BCUT2D eigenvalue weighted by molar-refractivity contribution is 9.10. The van der Waals surface area contributed by atoms with Crippen LogP contribution in [0.3, 0.4) is 0 Å². The van der Waals surface area contributed by atoms with Crippen molar-refractivity contribution in [2.24, 2.45) is 0 Å². The second-order valence-corrected chi connectivity index (χ2v) is 5.70. The number of rotatable bonds is 1. The summed E-state index contributed by atoms with van der Waals surface area (Å²) in [6.45, 7) is 2.08.